The van der Waals surface area contributed by atoms with Crippen LogP contribution in [0.1, 0.15) is 12.0 Å². The van der Waals surface area contributed by atoms with Gasteiger partial charge >= 0.3 is 6.03 Å². The van der Waals surface area contributed by atoms with Crippen LogP contribution >= 0.6 is 0 Å². The van der Waals surface area contributed by atoms with E-state index in [1.807, 2.05) is 29.2 Å². The number of benzene rings is 2. The summed E-state index contributed by atoms with van der Waals surface area (Å²) in [6.07, 6.45) is 1.77. The Hall–Kier alpha value is -2.53. The van der Waals surface area contributed by atoms with Gasteiger partial charge in [0.1, 0.15) is 0 Å². The molecule has 0 atom stereocenters. The van der Waals surface area contributed by atoms with Crippen LogP contribution in [0.4, 0.5) is 10.5 Å². The van der Waals surface area contributed by atoms with Crippen LogP contribution in [0.25, 0.3) is 0 Å². The Labute approximate surface area is 161 Å². The smallest absolute Gasteiger partial charge is 0.317 e. The average molecular weight is 367 g/mol. The maximum Gasteiger partial charge on any atom is 0.317 e. The summed E-state index contributed by atoms with van der Waals surface area (Å²) < 4.78 is 5.66. The lowest BCUT2D eigenvalue weighted by Crippen LogP contribution is -2.52. The van der Waals surface area contributed by atoms with Crippen molar-refractivity contribution in [3.63, 3.8) is 0 Å². The van der Waals surface area contributed by atoms with Crippen LogP contribution in [0.3, 0.4) is 0 Å². The van der Waals surface area contributed by atoms with Crippen LogP contribution in [0.15, 0.2) is 60.7 Å². The quantitative estimate of drug-likeness (QED) is 0.729. The van der Waals surface area contributed by atoms with E-state index >= 15 is 0 Å². The van der Waals surface area contributed by atoms with E-state index in [1.165, 1.54) is 11.3 Å². The van der Waals surface area contributed by atoms with Crippen LogP contribution in [0.2, 0.25) is 0 Å². The predicted octanol–water partition coefficient (Wildman–Crippen LogP) is 3.17. The molecular formula is C22H29N3O2. The standard InChI is InChI=1S/C22H29N3O2/c26-22(23-13-7-18-27-19-12-20-8-3-1-4-9-20)25-16-14-24(15-17-25)21-10-5-2-6-11-21/h1-6,8-11H,7,12-19H2,(H,23,26). The summed E-state index contributed by atoms with van der Waals surface area (Å²) >= 11 is 0. The van der Waals surface area contributed by atoms with Crippen molar-refractivity contribution in [2.75, 3.05) is 50.8 Å². The summed E-state index contributed by atoms with van der Waals surface area (Å²) in [6, 6.07) is 20.7. The number of carbonyl (C=O) groups excluding carboxylic acids is 1. The monoisotopic (exact) mass is 367 g/mol. The van der Waals surface area contributed by atoms with Crippen LogP contribution in [-0.2, 0) is 11.2 Å². The topological polar surface area (TPSA) is 44.8 Å². The number of hydrogen-bond acceptors (Lipinski definition) is 3. The van der Waals surface area contributed by atoms with E-state index in [9.17, 15) is 4.79 Å². The van der Waals surface area contributed by atoms with E-state index < -0.39 is 0 Å². The molecule has 5 nitrogen and oxygen atoms in total. The number of amides is 2. The number of urea groups is 1. The highest BCUT2D eigenvalue weighted by Crippen LogP contribution is 2.15. The summed E-state index contributed by atoms with van der Waals surface area (Å²) in [4.78, 5) is 16.5. The molecule has 0 unspecified atom stereocenters. The second kappa shape index (κ2) is 10.6. The fourth-order valence-electron chi connectivity index (χ4n) is 3.22. The number of piperazine rings is 1. The lowest BCUT2D eigenvalue weighted by Gasteiger charge is -2.36. The van der Waals surface area contributed by atoms with Crippen LogP contribution < -0.4 is 10.2 Å². The van der Waals surface area contributed by atoms with Crippen molar-refractivity contribution in [1.29, 1.82) is 0 Å². The molecule has 0 radical (unpaired) electrons. The molecule has 1 heterocycles. The number of nitrogens with zero attached hydrogens (tertiary/aromatic N) is 2. The number of para-hydroxylation sites is 1. The molecule has 1 aliphatic heterocycles. The van der Waals surface area contributed by atoms with E-state index in [0.29, 0.717) is 13.2 Å². The number of nitrogens with one attached hydrogen (secondary N) is 1. The summed E-state index contributed by atoms with van der Waals surface area (Å²) in [5, 5.41) is 3.00. The van der Waals surface area contributed by atoms with Gasteiger partial charge in [-0.25, -0.2) is 4.79 Å². The molecule has 2 amide bonds. The molecule has 0 spiro atoms. The first kappa shape index (κ1) is 19.2. The van der Waals surface area contributed by atoms with E-state index in [2.05, 4.69) is 46.6 Å². The molecule has 0 saturated carbocycles. The Morgan fingerprint density at radius 3 is 2.26 bits per heavy atom. The Morgan fingerprint density at radius 1 is 0.889 bits per heavy atom. The number of anilines is 1. The number of ether oxygens (including phenoxy) is 1. The maximum atomic E-state index is 12.3. The molecule has 1 fully saturated rings. The Bertz CT molecular complexity index is 670. The molecule has 2 aromatic rings. The molecule has 3 rings (SSSR count). The Morgan fingerprint density at radius 2 is 1.56 bits per heavy atom. The van der Waals surface area contributed by atoms with E-state index in [4.69, 9.17) is 4.74 Å². The molecule has 2 aromatic carbocycles. The minimum Gasteiger partial charge on any atom is -0.381 e. The second-order valence-corrected chi connectivity index (χ2v) is 6.74. The van der Waals surface area contributed by atoms with E-state index in [0.717, 1.165) is 45.6 Å². The molecular weight excluding hydrogens is 338 g/mol. The molecule has 0 bridgehead atoms. The number of rotatable bonds is 8. The molecule has 144 valence electrons. The van der Waals surface area contributed by atoms with Crippen molar-refractivity contribution in [1.82, 2.24) is 10.2 Å². The summed E-state index contributed by atoms with van der Waals surface area (Å²) in [6.45, 7) is 5.32. The average Bonchev–Trinajstić information content (AvgIpc) is 2.74. The third-order valence-corrected chi connectivity index (χ3v) is 4.81. The number of carbonyl (C=O) groups is 1. The maximum absolute atomic E-state index is 12.3. The third kappa shape index (κ3) is 6.29. The van der Waals surface area contributed by atoms with Crippen molar-refractivity contribution in [2.24, 2.45) is 0 Å². The van der Waals surface area contributed by atoms with E-state index in [-0.39, 0.29) is 6.03 Å². The van der Waals surface area contributed by atoms with Gasteiger partial charge in [-0.1, -0.05) is 48.5 Å². The highest BCUT2D eigenvalue weighted by molar-refractivity contribution is 5.74. The first-order chi connectivity index (χ1) is 13.3. The fourth-order valence-corrected chi connectivity index (χ4v) is 3.22. The van der Waals surface area contributed by atoms with Gasteiger partial charge in [0, 0.05) is 45.0 Å². The zero-order valence-corrected chi connectivity index (χ0v) is 15.8. The van der Waals surface area contributed by atoms with E-state index in [1.54, 1.807) is 0 Å². The zero-order valence-electron chi connectivity index (χ0n) is 15.8. The molecule has 5 heteroatoms. The first-order valence-electron chi connectivity index (χ1n) is 9.77. The van der Waals surface area contributed by atoms with Crippen molar-refractivity contribution >= 4 is 11.7 Å². The summed E-state index contributed by atoms with van der Waals surface area (Å²) in [7, 11) is 0. The Kier molecular flexibility index (Phi) is 7.54. The Balaban J connectivity index is 1.24. The summed E-state index contributed by atoms with van der Waals surface area (Å²) in [5.74, 6) is 0. The molecule has 1 N–H and O–H groups in total. The first-order valence-corrected chi connectivity index (χ1v) is 9.77. The van der Waals surface area contributed by atoms with Crippen molar-refractivity contribution in [3.05, 3.63) is 66.2 Å². The van der Waals surface area contributed by atoms with Gasteiger partial charge in [0.05, 0.1) is 6.61 Å². The molecule has 0 aliphatic carbocycles. The lowest BCUT2D eigenvalue weighted by atomic mass is 10.2. The molecule has 0 aromatic heterocycles. The number of hydrogen-bond donors (Lipinski definition) is 1. The van der Waals surface area contributed by atoms with Gasteiger partial charge in [0.15, 0.2) is 0 Å². The minimum absolute atomic E-state index is 0.0343. The highest BCUT2D eigenvalue weighted by atomic mass is 16.5. The second-order valence-electron chi connectivity index (χ2n) is 6.74. The van der Waals surface area contributed by atoms with Crippen LogP contribution in [0.5, 0.6) is 0 Å². The van der Waals surface area contributed by atoms with Gasteiger partial charge in [0.2, 0.25) is 0 Å². The SMILES string of the molecule is O=C(NCCCOCCc1ccccc1)N1CCN(c2ccccc2)CC1. The van der Waals surface area contributed by atoms with Crippen LogP contribution in [-0.4, -0.2) is 56.9 Å². The third-order valence-electron chi connectivity index (χ3n) is 4.81. The highest BCUT2D eigenvalue weighted by Gasteiger charge is 2.20. The minimum atomic E-state index is 0.0343. The van der Waals surface area contributed by atoms with Crippen LogP contribution in [0, 0.1) is 0 Å². The predicted molar refractivity (Wildman–Crippen MR) is 109 cm³/mol. The van der Waals surface area contributed by atoms with Gasteiger partial charge < -0.3 is 19.9 Å². The van der Waals surface area contributed by atoms with Crippen molar-refractivity contribution < 1.29 is 9.53 Å². The van der Waals surface area contributed by atoms with Gasteiger partial charge in [-0.05, 0) is 30.5 Å². The van der Waals surface area contributed by atoms with Gasteiger partial charge in [-0.3, -0.25) is 0 Å². The molecule has 1 aliphatic rings. The van der Waals surface area contributed by atoms with Gasteiger partial charge in [0.25, 0.3) is 0 Å². The molecule has 27 heavy (non-hydrogen) atoms. The summed E-state index contributed by atoms with van der Waals surface area (Å²) in [5.41, 5.74) is 2.52. The van der Waals surface area contributed by atoms with Gasteiger partial charge in [-0.2, -0.15) is 0 Å². The van der Waals surface area contributed by atoms with Crippen molar-refractivity contribution in [2.45, 2.75) is 12.8 Å². The zero-order chi connectivity index (χ0) is 18.7. The van der Waals surface area contributed by atoms with Crippen molar-refractivity contribution in [3.8, 4) is 0 Å². The van der Waals surface area contributed by atoms with Gasteiger partial charge in [-0.15, -0.1) is 0 Å². The lowest BCUT2D eigenvalue weighted by molar-refractivity contribution is 0.134. The largest absolute Gasteiger partial charge is 0.381 e. The molecule has 1 saturated heterocycles. The fraction of sp³-hybridized carbons (Fsp3) is 0.409. The normalized spacial score (nSPS) is 14.2.